The molecule has 1 aliphatic heterocycles. The summed E-state index contributed by atoms with van der Waals surface area (Å²) in [4.78, 5) is 0. The second-order valence-corrected chi connectivity index (χ2v) is 11.6. The first-order chi connectivity index (χ1) is 20.9. The van der Waals surface area contributed by atoms with E-state index < -0.39 is 5.41 Å². The molecule has 1 spiro atoms. The molecule has 1 heteroatoms. The van der Waals surface area contributed by atoms with Gasteiger partial charge in [-0.3, -0.25) is 0 Å². The van der Waals surface area contributed by atoms with Crippen LogP contribution in [0.5, 0.6) is 11.5 Å². The molecule has 3 aliphatic rings. The second kappa shape index (κ2) is 7.87. The van der Waals surface area contributed by atoms with Gasteiger partial charge in [-0.25, -0.2) is 0 Å². The van der Waals surface area contributed by atoms with Crippen molar-refractivity contribution in [3.63, 3.8) is 0 Å². The highest BCUT2D eigenvalue weighted by Crippen LogP contribution is 2.65. The number of ether oxygens (including phenoxy) is 1. The minimum Gasteiger partial charge on any atom is -0.455 e. The smallest absolute Gasteiger partial charge is 0.143 e. The van der Waals surface area contributed by atoms with E-state index in [0.717, 1.165) is 22.6 Å². The normalized spacial score (nSPS) is 14.1. The molecule has 2 aliphatic carbocycles. The molecule has 0 radical (unpaired) electrons. The molecule has 0 unspecified atom stereocenters. The first kappa shape index (κ1) is 22.3. The van der Waals surface area contributed by atoms with Crippen LogP contribution in [0.4, 0.5) is 0 Å². The number of rotatable bonds is 1. The Morgan fingerprint density at radius 3 is 1.55 bits per heavy atom. The Balaban J connectivity index is 1.37. The Labute approximate surface area is 244 Å². The zero-order valence-electron chi connectivity index (χ0n) is 22.8. The largest absolute Gasteiger partial charge is 0.455 e. The summed E-state index contributed by atoms with van der Waals surface area (Å²) in [6.07, 6.45) is 0. The number of hydrogen-bond acceptors (Lipinski definition) is 1. The summed E-state index contributed by atoms with van der Waals surface area (Å²) in [5.74, 6) is 1.85. The van der Waals surface area contributed by atoms with Crippen molar-refractivity contribution in [3.05, 3.63) is 168 Å². The third kappa shape index (κ3) is 2.56. The number of para-hydroxylation sites is 1. The lowest BCUT2D eigenvalue weighted by molar-refractivity contribution is 0.488. The summed E-state index contributed by atoms with van der Waals surface area (Å²) in [7, 11) is 0. The molecule has 0 aromatic heterocycles. The van der Waals surface area contributed by atoms with Gasteiger partial charge in [-0.1, -0.05) is 133 Å². The van der Waals surface area contributed by atoms with Gasteiger partial charge < -0.3 is 4.74 Å². The molecule has 10 rings (SSSR count). The maximum absolute atomic E-state index is 6.86. The Hall–Kier alpha value is -5.40. The molecule has 0 bridgehead atoms. The minimum absolute atomic E-state index is 0.413. The maximum atomic E-state index is 6.86. The molecular formula is C41H24O. The van der Waals surface area contributed by atoms with Crippen molar-refractivity contribution in [2.45, 2.75) is 5.41 Å². The zero-order chi connectivity index (χ0) is 27.4. The molecule has 0 N–H and O–H groups in total. The predicted molar refractivity (Wildman–Crippen MR) is 171 cm³/mol. The van der Waals surface area contributed by atoms with Gasteiger partial charge in [0.2, 0.25) is 0 Å². The van der Waals surface area contributed by atoms with Gasteiger partial charge in [0.1, 0.15) is 11.5 Å². The fraction of sp³-hybridized carbons (Fsp3) is 0.0244. The zero-order valence-corrected chi connectivity index (χ0v) is 22.8. The van der Waals surface area contributed by atoms with Gasteiger partial charge in [0, 0.05) is 16.5 Å². The van der Waals surface area contributed by atoms with E-state index in [1.165, 1.54) is 66.4 Å². The summed E-state index contributed by atoms with van der Waals surface area (Å²) >= 11 is 0. The van der Waals surface area contributed by atoms with Crippen molar-refractivity contribution >= 4 is 10.8 Å². The summed E-state index contributed by atoms with van der Waals surface area (Å²) in [5.41, 5.74) is 15.0. The first-order valence-electron chi connectivity index (χ1n) is 14.6. The van der Waals surface area contributed by atoms with Gasteiger partial charge in [0.05, 0.1) is 5.41 Å². The summed E-state index contributed by atoms with van der Waals surface area (Å²) in [5, 5.41) is 2.38. The van der Waals surface area contributed by atoms with E-state index in [0.29, 0.717) is 0 Å². The van der Waals surface area contributed by atoms with E-state index in [1.807, 2.05) is 0 Å². The molecule has 194 valence electrons. The topological polar surface area (TPSA) is 9.23 Å². The highest BCUT2D eigenvalue weighted by atomic mass is 16.5. The third-order valence-electron chi connectivity index (χ3n) is 9.69. The first-order valence-corrected chi connectivity index (χ1v) is 14.6. The highest BCUT2D eigenvalue weighted by molar-refractivity contribution is 6.09. The average molecular weight is 533 g/mol. The van der Waals surface area contributed by atoms with Crippen LogP contribution in [0.15, 0.2) is 146 Å². The molecule has 0 amide bonds. The predicted octanol–water partition coefficient (Wildman–Crippen LogP) is 10.6. The van der Waals surface area contributed by atoms with Gasteiger partial charge in [-0.2, -0.15) is 0 Å². The van der Waals surface area contributed by atoms with Crippen LogP contribution in [0.1, 0.15) is 22.3 Å². The molecule has 0 atom stereocenters. The standard InChI is InChI=1S/C41H24O/c1-5-19-34-26(12-1)27-13-2-6-20-35(27)41(34)36-21-7-3-14-28(36)31-17-10-18-32(39(31)41)33-24-23-25-11-9-16-30-29-15-4-8-22-37(29)42-40(33)38(25)30/h1-24H. The van der Waals surface area contributed by atoms with Gasteiger partial charge >= 0.3 is 0 Å². The molecule has 7 aromatic rings. The molecule has 0 saturated heterocycles. The second-order valence-electron chi connectivity index (χ2n) is 11.6. The van der Waals surface area contributed by atoms with E-state index in [2.05, 4.69) is 146 Å². The summed E-state index contributed by atoms with van der Waals surface area (Å²) in [6, 6.07) is 53.4. The summed E-state index contributed by atoms with van der Waals surface area (Å²) in [6.45, 7) is 0. The fourth-order valence-corrected chi connectivity index (χ4v) is 8.16. The monoisotopic (exact) mass is 532 g/mol. The van der Waals surface area contributed by atoms with E-state index in [1.54, 1.807) is 0 Å². The van der Waals surface area contributed by atoms with Crippen LogP contribution >= 0.6 is 0 Å². The van der Waals surface area contributed by atoms with Crippen LogP contribution in [0.25, 0.3) is 55.3 Å². The molecule has 7 aromatic carbocycles. The third-order valence-corrected chi connectivity index (χ3v) is 9.69. The number of hydrogen-bond donors (Lipinski definition) is 0. The van der Waals surface area contributed by atoms with Crippen molar-refractivity contribution in [1.82, 2.24) is 0 Å². The van der Waals surface area contributed by atoms with E-state index >= 15 is 0 Å². The molecule has 1 nitrogen and oxygen atoms in total. The van der Waals surface area contributed by atoms with Crippen molar-refractivity contribution in [1.29, 1.82) is 0 Å². The average Bonchev–Trinajstić information content (AvgIpc) is 3.53. The highest BCUT2D eigenvalue weighted by Gasteiger charge is 2.52. The van der Waals surface area contributed by atoms with Crippen LogP contribution in [-0.4, -0.2) is 0 Å². The van der Waals surface area contributed by atoms with Crippen LogP contribution in [-0.2, 0) is 5.41 Å². The van der Waals surface area contributed by atoms with E-state index in [4.69, 9.17) is 4.74 Å². The van der Waals surface area contributed by atoms with Gasteiger partial charge in [0.15, 0.2) is 0 Å². The Bertz CT molecular complexity index is 2230. The van der Waals surface area contributed by atoms with Crippen molar-refractivity contribution in [2.75, 3.05) is 0 Å². The lowest BCUT2D eigenvalue weighted by atomic mass is 9.68. The molecule has 1 heterocycles. The molecular weight excluding hydrogens is 508 g/mol. The van der Waals surface area contributed by atoms with Crippen LogP contribution < -0.4 is 4.74 Å². The van der Waals surface area contributed by atoms with Crippen LogP contribution in [0.2, 0.25) is 0 Å². The lowest BCUT2D eigenvalue weighted by Gasteiger charge is -2.33. The minimum atomic E-state index is -0.413. The molecule has 0 fully saturated rings. The Morgan fingerprint density at radius 2 is 0.857 bits per heavy atom. The van der Waals surface area contributed by atoms with E-state index in [9.17, 15) is 0 Å². The Morgan fingerprint density at radius 1 is 0.357 bits per heavy atom. The van der Waals surface area contributed by atoms with Crippen LogP contribution in [0.3, 0.4) is 0 Å². The SMILES string of the molecule is c1ccc2c(c1)Oc1c(-c3cccc4c3C3(c5ccccc5-c5ccccc53)c3ccccc3-4)ccc3cccc-2c13. The van der Waals surface area contributed by atoms with Gasteiger partial charge in [0.25, 0.3) is 0 Å². The van der Waals surface area contributed by atoms with Gasteiger partial charge in [-0.15, -0.1) is 0 Å². The number of fused-ring (bicyclic) bond motifs is 12. The quantitative estimate of drug-likeness (QED) is 0.204. The van der Waals surface area contributed by atoms with Crippen molar-refractivity contribution < 1.29 is 4.74 Å². The number of benzene rings is 7. The molecule has 0 saturated carbocycles. The summed E-state index contributed by atoms with van der Waals surface area (Å²) < 4.78 is 6.86. The maximum Gasteiger partial charge on any atom is 0.143 e. The molecule has 42 heavy (non-hydrogen) atoms. The van der Waals surface area contributed by atoms with Crippen molar-refractivity contribution in [2.24, 2.45) is 0 Å². The van der Waals surface area contributed by atoms with Crippen LogP contribution in [0, 0.1) is 0 Å². The van der Waals surface area contributed by atoms with Gasteiger partial charge in [-0.05, 0) is 73.2 Å². The lowest BCUT2D eigenvalue weighted by Crippen LogP contribution is -2.26. The van der Waals surface area contributed by atoms with Crippen molar-refractivity contribution in [3.8, 4) is 56.0 Å². The fourth-order valence-electron chi connectivity index (χ4n) is 8.16. The van der Waals surface area contributed by atoms with E-state index in [-0.39, 0.29) is 0 Å². The Kier molecular flexibility index (Phi) is 4.18.